The number of esters is 1. The van der Waals surface area contributed by atoms with Crippen LogP contribution in [0, 0.1) is 23.7 Å². The molecule has 3 saturated heterocycles. The zero-order valence-corrected chi connectivity index (χ0v) is 42.8. The summed E-state index contributed by atoms with van der Waals surface area (Å²) in [5.74, 6) is -3.59. The summed E-state index contributed by atoms with van der Waals surface area (Å²) in [5, 5.41) is 55.8. The first kappa shape index (κ1) is 61.1. The molecule has 22 nitrogen and oxygen atoms in total. The zero-order chi connectivity index (χ0) is 52.3. The summed E-state index contributed by atoms with van der Waals surface area (Å²) in [6, 6.07) is -0.748. The molecule has 0 aromatic rings. The fraction of sp³-hybridized carbons (Fsp3) is 0.848. The van der Waals surface area contributed by atoms with E-state index in [9.17, 15) is 39.9 Å². The van der Waals surface area contributed by atoms with Crippen LogP contribution in [0.4, 0.5) is 0 Å². The molecule has 7 unspecified atom stereocenters. The van der Waals surface area contributed by atoms with Gasteiger partial charge in [-0.2, -0.15) is 0 Å². The molecule has 4 aliphatic rings. The highest BCUT2D eigenvalue weighted by molar-refractivity contribution is 7.45. The fourth-order valence-electron chi connectivity index (χ4n) is 9.51. The molecule has 0 aromatic heterocycles. The lowest BCUT2D eigenvalue weighted by atomic mass is 9.79. The molecular formula is C46H80NO21P. The third-order valence-corrected chi connectivity index (χ3v) is 13.4. The molecule has 0 aliphatic carbocycles. The number of carbonyl (C=O) groups is 3. The maximum atomic E-state index is 13.8. The molecule has 23 heteroatoms. The summed E-state index contributed by atoms with van der Waals surface area (Å²) in [7, 11) is 1.79. The van der Waals surface area contributed by atoms with Crippen molar-refractivity contribution >= 4 is 25.9 Å². The van der Waals surface area contributed by atoms with E-state index in [1.54, 1.807) is 59.7 Å². The Morgan fingerprint density at radius 1 is 0.855 bits per heavy atom. The van der Waals surface area contributed by atoms with Crippen molar-refractivity contribution in [2.24, 2.45) is 23.7 Å². The second-order valence-electron chi connectivity index (χ2n) is 19.3. The number of cyclic esters (lactones) is 1. The van der Waals surface area contributed by atoms with Gasteiger partial charge in [0.15, 0.2) is 24.7 Å². The Hall–Kier alpha value is -2.16. The van der Waals surface area contributed by atoms with Crippen molar-refractivity contribution in [1.82, 2.24) is 4.90 Å². The maximum absolute atomic E-state index is 13.8. The minimum Gasteiger partial charge on any atom is -0.462 e. The summed E-state index contributed by atoms with van der Waals surface area (Å²) >= 11 is 0. The van der Waals surface area contributed by atoms with Gasteiger partial charge >= 0.3 is 13.8 Å². The number of aldehydes is 1. The van der Waals surface area contributed by atoms with E-state index >= 15 is 0 Å². The number of allylic oxidation sites excluding steroid dienone is 3. The molecule has 3 fully saturated rings. The zero-order valence-electron chi connectivity index (χ0n) is 41.9. The highest BCUT2D eigenvalue weighted by Gasteiger charge is 2.52. The first-order valence-corrected chi connectivity index (χ1v) is 25.0. The molecule has 0 bridgehead atoms. The average Bonchev–Trinajstić information content (AvgIpc) is 3.25. The van der Waals surface area contributed by atoms with E-state index in [2.05, 4.69) is 0 Å². The predicted molar refractivity (Wildman–Crippen MR) is 245 cm³/mol. The van der Waals surface area contributed by atoms with Crippen LogP contribution in [0.1, 0.15) is 87.5 Å². The Morgan fingerprint density at radius 2 is 1.46 bits per heavy atom. The molecule has 0 radical (unpaired) electrons. The number of carbonyl (C=O) groups excluding carboxylic acids is 3. The summed E-state index contributed by atoms with van der Waals surface area (Å²) < 4.78 is 63.6. The second-order valence-corrected chi connectivity index (χ2v) is 20.3. The van der Waals surface area contributed by atoms with Crippen LogP contribution in [0.5, 0.6) is 0 Å². The third-order valence-electron chi connectivity index (χ3n) is 13.4. The Morgan fingerprint density at radius 3 is 2.01 bits per heavy atom. The van der Waals surface area contributed by atoms with Crippen molar-refractivity contribution in [2.75, 3.05) is 34.9 Å². The van der Waals surface area contributed by atoms with Crippen molar-refractivity contribution in [1.29, 1.82) is 0 Å². The summed E-state index contributed by atoms with van der Waals surface area (Å²) in [6.07, 6.45) is -8.49. The molecule has 4 heterocycles. The maximum Gasteiger partial charge on any atom is 0.466 e. The third kappa shape index (κ3) is 17.5. The van der Waals surface area contributed by atoms with Gasteiger partial charge in [-0.15, -0.1) is 0 Å². The Bertz CT molecular complexity index is 1720. The lowest BCUT2D eigenvalue weighted by Crippen LogP contribution is -2.65. The largest absolute Gasteiger partial charge is 0.466 e. The van der Waals surface area contributed by atoms with E-state index < -0.39 is 148 Å². The van der Waals surface area contributed by atoms with Gasteiger partial charge in [0.1, 0.15) is 49.0 Å². The van der Waals surface area contributed by atoms with Crippen molar-refractivity contribution in [3.05, 3.63) is 23.8 Å². The number of hydrogen-bond donors (Lipinski definition) is 8. The Labute approximate surface area is 405 Å². The van der Waals surface area contributed by atoms with Crippen molar-refractivity contribution < 1.29 is 102 Å². The smallest absolute Gasteiger partial charge is 0.462 e. The molecular weight excluding hydrogens is 933 g/mol. The lowest BCUT2D eigenvalue weighted by Gasteiger charge is -2.50. The number of rotatable bonds is 13. The molecule has 400 valence electrons. The van der Waals surface area contributed by atoms with Gasteiger partial charge in [0.25, 0.3) is 0 Å². The number of phosphoric acid groups is 1. The first-order valence-electron chi connectivity index (χ1n) is 23.5. The minimum absolute atomic E-state index is 0.00788. The number of aliphatic hydroxyl groups is 5. The fourth-order valence-corrected chi connectivity index (χ4v) is 9.51. The molecule has 69 heavy (non-hydrogen) atoms. The standard InChI is InChI=1S/C46H77NO17.H3O4P/c1-13-33-30(22-58-45-42(57-12)41(56-11)37(52)26(5)60-45)18-23(2)14-15-31(49)24(3)19-29(16-17-48)39(25(4)32(50)20-34(51)62-33)64-44-38(53)36(47(9)10)40(27(6)61-44)63-35-21-46(8,55)43(54)28(7)59-35;1-5(2,3)4/h14-15,17-18,24-30,32-33,35-45,50,52-55H,13,16,19-22H2,1-12H3;(H3,1,2,3,4)/b15-14+,23-18+;/t24-,25+,26-,27-,28+,29+,30-,32-,33-,35+,36?,37?,38?,39-,40?,41-,42?,43?,44+,45?,46-;/m1./s1. The van der Waals surface area contributed by atoms with Crippen LogP contribution in [-0.4, -0.2) is 202 Å². The molecule has 0 spiro atoms. The summed E-state index contributed by atoms with van der Waals surface area (Å²) in [5.41, 5.74) is -0.806. The van der Waals surface area contributed by atoms with Crippen molar-refractivity contribution in [3.8, 4) is 0 Å². The van der Waals surface area contributed by atoms with Gasteiger partial charge in [0, 0.05) is 44.8 Å². The average molecular weight is 1010 g/mol. The van der Waals surface area contributed by atoms with Gasteiger partial charge < -0.3 is 92.5 Å². The number of methoxy groups -OCH3 is 2. The molecule has 4 aliphatic heterocycles. The highest BCUT2D eigenvalue weighted by atomic mass is 31.2. The Balaban J connectivity index is 0.00000239. The topological polar surface area (TPSA) is 316 Å². The van der Waals surface area contributed by atoms with Crippen LogP contribution in [0.25, 0.3) is 0 Å². The van der Waals surface area contributed by atoms with Gasteiger partial charge in [-0.25, -0.2) is 4.57 Å². The predicted octanol–water partition coefficient (Wildman–Crippen LogP) is 0.905. The molecule has 0 amide bonds. The number of nitrogens with zero attached hydrogens (tertiary/aromatic N) is 1. The van der Waals surface area contributed by atoms with Crippen LogP contribution < -0.4 is 0 Å². The number of hydrogen-bond acceptors (Lipinski definition) is 19. The molecule has 8 N–H and O–H groups in total. The van der Waals surface area contributed by atoms with E-state index in [-0.39, 0.29) is 31.7 Å². The molecule has 4 rings (SSSR count). The van der Waals surface area contributed by atoms with Gasteiger partial charge in [-0.1, -0.05) is 38.5 Å². The van der Waals surface area contributed by atoms with Crippen LogP contribution in [0.2, 0.25) is 0 Å². The number of ketones is 1. The molecule has 0 saturated carbocycles. The minimum atomic E-state index is -4.64. The summed E-state index contributed by atoms with van der Waals surface area (Å²) in [4.78, 5) is 63.1. The van der Waals surface area contributed by atoms with Gasteiger partial charge in [0.2, 0.25) is 0 Å². The monoisotopic (exact) mass is 1010 g/mol. The van der Waals surface area contributed by atoms with Gasteiger partial charge in [-0.3, -0.25) is 9.59 Å². The van der Waals surface area contributed by atoms with Crippen molar-refractivity contribution in [2.45, 2.75) is 191 Å². The van der Waals surface area contributed by atoms with Crippen LogP contribution in [0.3, 0.4) is 0 Å². The number of likely N-dealkylation sites (N-methyl/N-ethyl adjacent to an activating group) is 1. The van der Waals surface area contributed by atoms with E-state index in [1.165, 1.54) is 27.2 Å². The lowest BCUT2D eigenvalue weighted by molar-refractivity contribution is -0.341. The van der Waals surface area contributed by atoms with Crippen LogP contribution in [0.15, 0.2) is 23.8 Å². The van der Waals surface area contributed by atoms with E-state index in [0.29, 0.717) is 12.0 Å². The molecule has 0 aromatic carbocycles. The number of ether oxygens (including phenoxy) is 9. The van der Waals surface area contributed by atoms with E-state index in [1.807, 2.05) is 19.9 Å². The Kier molecular flexibility index (Phi) is 24.1. The normalized spacial score (nSPS) is 43.5. The van der Waals surface area contributed by atoms with E-state index in [4.69, 9.17) is 61.9 Å². The van der Waals surface area contributed by atoms with Gasteiger partial charge in [0.05, 0.1) is 55.2 Å². The first-order chi connectivity index (χ1) is 32.1. The number of aliphatic hydroxyl groups excluding tert-OH is 4. The van der Waals surface area contributed by atoms with E-state index in [0.717, 1.165) is 6.29 Å². The SMILES string of the molecule is CC[C@H]1OC(=O)C[C@@H](O)[C@H](C)[C@@H](O[C@@H]2O[C@H](C)C(O[C@H]3C[C@@](C)(O)C(O)[C@H](C)O3)C(N(C)C)C2O)[C@@H](CC=O)C[C@@H](C)C(=O)/C=C/C(C)=C/[C@@H]1COC1O[C@H](C)C(O)[C@@H](OC)C1OC.O=P(O)(O)O. The van der Waals surface area contributed by atoms with Crippen LogP contribution in [-0.2, 0) is 61.6 Å². The second kappa shape index (κ2) is 27.2. The summed E-state index contributed by atoms with van der Waals surface area (Å²) in [6.45, 7) is 13.6. The quantitative estimate of drug-likeness (QED) is 0.0722. The van der Waals surface area contributed by atoms with Gasteiger partial charge in [-0.05, 0) is 73.5 Å². The molecule has 21 atom stereocenters. The highest BCUT2D eigenvalue weighted by Crippen LogP contribution is 2.38. The van der Waals surface area contributed by atoms with Crippen molar-refractivity contribution in [3.63, 3.8) is 0 Å². The van der Waals surface area contributed by atoms with Crippen LogP contribution >= 0.6 is 7.82 Å².